The Hall–Kier alpha value is -1.33. The molecule has 0 bridgehead atoms. The average Bonchev–Trinajstić information content (AvgIpc) is 2.23. The molecule has 0 aliphatic rings. The molecule has 1 aromatic rings. The Labute approximate surface area is 101 Å². The highest BCUT2D eigenvalue weighted by atomic mass is 35.5. The van der Waals surface area contributed by atoms with E-state index in [-0.39, 0.29) is 27.7 Å². The summed E-state index contributed by atoms with van der Waals surface area (Å²) in [4.78, 5) is 21.0. The second kappa shape index (κ2) is 5.14. The Morgan fingerprint density at radius 1 is 1.50 bits per heavy atom. The predicted octanol–water partition coefficient (Wildman–Crippen LogP) is 2.62. The SMILES string of the molecule is COC(=O)Cc1c(Cl)ccc([N+](=O)[O-])c1Cl. The van der Waals surface area contributed by atoms with Gasteiger partial charge in [0.1, 0.15) is 5.02 Å². The summed E-state index contributed by atoms with van der Waals surface area (Å²) < 4.78 is 4.44. The quantitative estimate of drug-likeness (QED) is 0.478. The van der Waals surface area contributed by atoms with Gasteiger partial charge in [-0.3, -0.25) is 14.9 Å². The molecule has 0 atom stereocenters. The fourth-order valence-electron chi connectivity index (χ4n) is 1.10. The van der Waals surface area contributed by atoms with Crippen LogP contribution in [0.25, 0.3) is 0 Å². The van der Waals surface area contributed by atoms with Crippen LogP contribution < -0.4 is 0 Å². The molecular weight excluding hydrogens is 257 g/mol. The summed E-state index contributed by atoms with van der Waals surface area (Å²) in [7, 11) is 1.21. The third kappa shape index (κ3) is 2.62. The molecule has 0 N–H and O–H groups in total. The van der Waals surface area contributed by atoms with Crippen molar-refractivity contribution in [2.45, 2.75) is 6.42 Å². The number of halogens is 2. The minimum absolute atomic E-state index is 0.136. The van der Waals surface area contributed by atoms with Crippen molar-refractivity contribution in [2.24, 2.45) is 0 Å². The van der Waals surface area contributed by atoms with Crippen LogP contribution in [0.15, 0.2) is 12.1 Å². The van der Waals surface area contributed by atoms with Gasteiger partial charge in [0, 0.05) is 16.7 Å². The lowest BCUT2D eigenvalue weighted by Crippen LogP contribution is -2.06. The van der Waals surface area contributed by atoms with Crippen molar-refractivity contribution in [1.29, 1.82) is 0 Å². The molecule has 0 unspecified atom stereocenters. The molecule has 0 aliphatic carbocycles. The number of ether oxygens (including phenoxy) is 1. The number of esters is 1. The average molecular weight is 264 g/mol. The zero-order valence-electron chi connectivity index (χ0n) is 8.20. The van der Waals surface area contributed by atoms with Crippen LogP contribution in [0.5, 0.6) is 0 Å². The van der Waals surface area contributed by atoms with Crippen molar-refractivity contribution in [3.8, 4) is 0 Å². The van der Waals surface area contributed by atoms with E-state index in [0.29, 0.717) is 0 Å². The van der Waals surface area contributed by atoms with Gasteiger partial charge in [-0.2, -0.15) is 0 Å². The summed E-state index contributed by atoms with van der Waals surface area (Å²) >= 11 is 11.6. The van der Waals surface area contributed by atoms with Crippen LogP contribution in [-0.4, -0.2) is 18.0 Å². The van der Waals surface area contributed by atoms with Gasteiger partial charge in [-0.1, -0.05) is 23.2 Å². The number of rotatable bonds is 3. The van der Waals surface area contributed by atoms with Crippen molar-refractivity contribution in [3.05, 3.63) is 37.9 Å². The first-order valence-electron chi connectivity index (χ1n) is 4.15. The Balaban J connectivity index is 3.21. The number of benzene rings is 1. The summed E-state index contributed by atoms with van der Waals surface area (Å²) in [6, 6.07) is 2.51. The lowest BCUT2D eigenvalue weighted by atomic mass is 10.1. The molecule has 0 spiro atoms. The lowest BCUT2D eigenvalue weighted by Gasteiger charge is -2.05. The van der Waals surface area contributed by atoms with E-state index < -0.39 is 10.9 Å². The van der Waals surface area contributed by atoms with Crippen molar-refractivity contribution in [1.82, 2.24) is 0 Å². The Morgan fingerprint density at radius 2 is 2.12 bits per heavy atom. The normalized spacial score (nSPS) is 9.94. The van der Waals surface area contributed by atoms with Crippen LogP contribution in [0.3, 0.4) is 0 Å². The van der Waals surface area contributed by atoms with Gasteiger partial charge < -0.3 is 4.74 Å². The van der Waals surface area contributed by atoms with Crippen LogP contribution in [0.4, 0.5) is 5.69 Å². The monoisotopic (exact) mass is 263 g/mol. The summed E-state index contributed by atoms with van der Waals surface area (Å²) in [5, 5.41) is 10.7. The molecule has 0 aromatic heterocycles. The zero-order valence-corrected chi connectivity index (χ0v) is 9.71. The molecule has 5 nitrogen and oxygen atoms in total. The van der Waals surface area contributed by atoms with Crippen molar-refractivity contribution in [3.63, 3.8) is 0 Å². The zero-order chi connectivity index (χ0) is 12.3. The van der Waals surface area contributed by atoms with E-state index >= 15 is 0 Å². The highest BCUT2D eigenvalue weighted by Gasteiger charge is 2.20. The Bertz CT molecular complexity index is 447. The molecular formula is C9H7Cl2NO4. The molecule has 0 amide bonds. The van der Waals surface area contributed by atoms with Crippen molar-refractivity contribution in [2.75, 3.05) is 7.11 Å². The van der Waals surface area contributed by atoms with Crippen LogP contribution in [0, 0.1) is 10.1 Å². The number of nitro groups is 1. The predicted molar refractivity (Wildman–Crippen MR) is 58.8 cm³/mol. The Kier molecular flexibility index (Phi) is 4.09. The maximum atomic E-state index is 11.1. The van der Waals surface area contributed by atoms with Crippen LogP contribution in [0.2, 0.25) is 10.0 Å². The highest BCUT2D eigenvalue weighted by molar-refractivity contribution is 6.37. The molecule has 1 rings (SSSR count). The molecule has 0 fully saturated rings. The summed E-state index contributed by atoms with van der Waals surface area (Å²) in [6.07, 6.45) is -0.199. The first-order chi connectivity index (χ1) is 7.47. The van der Waals surface area contributed by atoms with Gasteiger partial charge in [-0.15, -0.1) is 0 Å². The van der Waals surface area contributed by atoms with Gasteiger partial charge >= 0.3 is 5.97 Å². The van der Waals surface area contributed by atoms with E-state index in [1.165, 1.54) is 19.2 Å². The third-order valence-electron chi connectivity index (χ3n) is 1.91. The molecule has 0 saturated heterocycles. The second-order valence-corrected chi connectivity index (χ2v) is 3.65. The third-order valence-corrected chi connectivity index (χ3v) is 2.69. The maximum Gasteiger partial charge on any atom is 0.310 e. The number of hydrogen-bond donors (Lipinski definition) is 0. The fourth-order valence-corrected chi connectivity index (χ4v) is 1.68. The largest absolute Gasteiger partial charge is 0.469 e. The number of methoxy groups -OCH3 is 1. The van der Waals surface area contributed by atoms with E-state index in [9.17, 15) is 14.9 Å². The number of nitro benzene ring substituents is 1. The molecule has 86 valence electrons. The topological polar surface area (TPSA) is 69.4 Å². The van der Waals surface area contributed by atoms with E-state index in [2.05, 4.69) is 4.74 Å². The second-order valence-electron chi connectivity index (χ2n) is 2.87. The molecule has 7 heteroatoms. The fraction of sp³-hybridized carbons (Fsp3) is 0.222. The van der Waals surface area contributed by atoms with Gasteiger partial charge in [0.15, 0.2) is 0 Å². The summed E-state index contributed by atoms with van der Waals surface area (Å²) in [5.74, 6) is -0.565. The van der Waals surface area contributed by atoms with E-state index in [1.54, 1.807) is 0 Å². The lowest BCUT2D eigenvalue weighted by molar-refractivity contribution is -0.384. The summed E-state index contributed by atoms with van der Waals surface area (Å²) in [5.41, 5.74) is -0.0886. The van der Waals surface area contributed by atoms with Crippen LogP contribution >= 0.6 is 23.2 Å². The van der Waals surface area contributed by atoms with E-state index in [4.69, 9.17) is 23.2 Å². The minimum Gasteiger partial charge on any atom is -0.469 e. The molecule has 0 saturated carbocycles. The van der Waals surface area contributed by atoms with Crippen LogP contribution in [0.1, 0.15) is 5.56 Å². The molecule has 0 heterocycles. The molecule has 0 radical (unpaired) electrons. The molecule has 0 aliphatic heterocycles. The number of hydrogen-bond acceptors (Lipinski definition) is 4. The molecule has 16 heavy (non-hydrogen) atoms. The van der Waals surface area contributed by atoms with E-state index in [0.717, 1.165) is 0 Å². The minimum atomic E-state index is -0.639. The first-order valence-corrected chi connectivity index (χ1v) is 4.91. The van der Waals surface area contributed by atoms with Gasteiger partial charge in [0.2, 0.25) is 0 Å². The number of carbonyl (C=O) groups excluding carboxylic acids is 1. The van der Waals surface area contributed by atoms with Crippen molar-refractivity contribution < 1.29 is 14.5 Å². The van der Waals surface area contributed by atoms with Gasteiger partial charge in [-0.05, 0) is 6.07 Å². The Morgan fingerprint density at radius 3 is 2.62 bits per heavy atom. The highest BCUT2D eigenvalue weighted by Crippen LogP contribution is 2.33. The smallest absolute Gasteiger partial charge is 0.310 e. The number of nitrogens with zero attached hydrogens (tertiary/aromatic N) is 1. The summed E-state index contributed by atoms with van der Waals surface area (Å²) in [6.45, 7) is 0. The maximum absolute atomic E-state index is 11.1. The number of carbonyl (C=O) groups is 1. The van der Waals surface area contributed by atoms with Gasteiger partial charge in [0.25, 0.3) is 5.69 Å². The first kappa shape index (κ1) is 12.7. The standard InChI is InChI=1S/C9H7Cl2NO4/c1-16-8(13)4-5-6(10)2-3-7(9(5)11)12(14)15/h2-3H,4H2,1H3. The van der Waals surface area contributed by atoms with Gasteiger partial charge in [-0.25, -0.2) is 0 Å². The van der Waals surface area contributed by atoms with Gasteiger partial charge in [0.05, 0.1) is 18.5 Å². The van der Waals surface area contributed by atoms with Crippen LogP contribution in [-0.2, 0) is 16.0 Å². The molecule has 1 aromatic carbocycles. The van der Waals surface area contributed by atoms with E-state index in [1.807, 2.05) is 0 Å². The van der Waals surface area contributed by atoms with Crippen molar-refractivity contribution >= 4 is 34.9 Å².